The van der Waals surface area contributed by atoms with Gasteiger partial charge in [0.1, 0.15) is 11.4 Å². The number of carbonyl (C=O) groups excluding carboxylic acids is 1. The molecule has 6 heteroatoms. The van der Waals surface area contributed by atoms with Crippen molar-refractivity contribution in [3.05, 3.63) is 59.4 Å². The highest BCUT2D eigenvalue weighted by Gasteiger charge is 2.46. The number of pyridine rings is 1. The normalized spacial score (nSPS) is 19.2. The lowest BCUT2D eigenvalue weighted by Gasteiger charge is -2.44. The van der Waals surface area contributed by atoms with Crippen molar-refractivity contribution in [2.45, 2.75) is 85.0 Å². The molecule has 1 aliphatic rings. The number of likely N-dealkylation sites (tertiary alicyclic amines) is 1. The molecule has 1 aromatic carbocycles. The molecule has 2 atom stereocenters. The minimum Gasteiger partial charge on any atom is -0.497 e. The van der Waals surface area contributed by atoms with Gasteiger partial charge in [0.15, 0.2) is 14.0 Å². The van der Waals surface area contributed by atoms with Crippen LogP contribution in [0.25, 0.3) is 11.0 Å². The molecule has 0 amide bonds. The fourth-order valence-corrected chi connectivity index (χ4v) is 14.0. The van der Waals surface area contributed by atoms with E-state index in [4.69, 9.17) is 9.72 Å². The number of ether oxygens (including phenoxy) is 1. The standard InChI is InChI=1S/C32H47N3O2Si/c1-21(2)38(22(3)4,23(5)6)35-17-15-28-30(25(8)18-33-32(28)35)31(36)29-20-34(16-14-24(29)7)19-26-10-12-27(37-9)13-11-26/h10-13,15,17-18,21-24,29H,14,16,19-20H2,1-9H3/t24-,29+/m0/s1. The number of aryl methyl sites for hydroxylation is 1. The molecule has 0 bridgehead atoms. The van der Waals surface area contributed by atoms with Gasteiger partial charge in [-0.15, -0.1) is 0 Å². The summed E-state index contributed by atoms with van der Waals surface area (Å²) in [5.74, 6) is 1.50. The minimum absolute atomic E-state index is 0.0167. The monoisotopic (exact) mass is 533 g/mol. The molecule has 3 aromatic rings. The van der Waals surface area contributed by atoms with Crippen molar-refractivity contribution < 1.29 is 9.53 Å². The Kier molecular flexibility index (Phi) is 8.53. The van der Waals surface area contributed by atoms with Crippen molar-refractivity contribution in [2.75, 3.05) is 20.2 Å². The van der Waals surface area contributed by atoms with Gasteiger partial charge < -0.3 is 8.97 Å². The van der Waals surface area contributed by atoms with E-state index in [1.807, 2.05) is 18.3 Å². The molecule has 0 aliphatic carbocycles. The van der Waals surface area contributed by atoms with Gasteiger partial charge in [0.25, 0.3) is 0 Å². The molecule has 1 aliphatic heterocycles. The first-order valence-electron chi connectivity index (χ1n) is 14.4. The first kappa shape index (κ1) is 28.6. The lowest BCUT2D eigenvalue weighted by atomic mass is 9.80. The molecule has 1 fully saturated rings. The summed E-state index contributed by atoms with van der Waals surface area (Å²) in [4.78, 5) is 21.7. The number of piperidine rings is 1. The summed E-state index contributed by atoms with van der Waals surface area (Å²) in [7, 11) is -0.285. The summed E-state index contributed by atoms with van der Waals surface area (Å²) in [6.45, 7) is 21.2. The first-order chi connectivity index (χ1) is 18.0. The van der Waals surface area contributed by atoms with E-state index in [-0.39, 0.29) is 11.7 Å². The molecule has 1 saturated heterocycles. The average Bonchev–Trinajstić information content (AvgIpc) is 3.29. The van der Waals surface area contributed by atoms with E-state index in [1.165, 1.54) is 5.56 Å². The highest BCUT2D eigenvalue weighted by atomic mass is 28.3. The predicted molar refractivity (Wildman–Crippen MR) is 161 cm³/mol. The van der Waals surface area contributed by atoms with Crippen molar-refractivity contribution in [2.24, 2.45) is 11.8 Å². The molecule has 38 heavy (non-hydrogen) atoms. The Balaban J connectivity index is 1.69. The Morgan fingerprint density at radius 1 is 1.05 bits per heavy atom. The second-order valence-electron chi connectivity index (χ2n) is 12.4. The molecule has 0 radical (unpaired) electrons. The van der Waals surface area contributed by atoms with Gasteiger partial charge in [-0.3, -0.25) is 9.69 Å². The molecule has 2 aromatic heterocycles. The fourth-order valence-electron chi connectivity index (χ4n) is 7.46. The van der Waals surface area contributed by atoms with Crippen LogP contribution in [-0.4, -0.2) is 48.3 Å². The first-order valence-corrected chi connectivity index (χ1v) is 16.6. The van der Waals surface area contributed by atoms with Gasteiger partial charge in [-0.2, -0.15) is 0 Å². The summed E-state index contributed by atoms with van der Waals surface area (Å²) >= 11 is 0. The molecule has 0 unspecified atom stereocenters. The zero-order chi connectivity index (χ0) is 27.8. The van der Waals surface area contributed by atoms with Gasteiger partial charge >= 0.3 is 0 Å². The van der Waals surface area contributed by atoms with Gasteiger partial charge in [-0.25, -0.2) is 4.98 Å². The van der Waals surface area contributed by atoms with E-state index in [0.717, 1.165) is 54.0 Å². The Bertz CT molecular complexity index is 1240. The van der Waals surface area contributed by atoms with Crippen molar-refractivity contribution in [3.63, 3.8) is 0 Å². The van der Waals surface area contributed by atoms with E-state index in [2.05, 4.69) is 88.9 Å². The van der Waals surface area contributed by atoms with Gasteiger partial charge in [0.2, 0.25) is 0 Å². The Morgan fingerprint density at radius 2 is 1.68 bits per heavy atom. The Hall–Kier alpha value is -2.44. The fraction of sp³-hybridized carbons (Fsp3) is 0.562. The summed E-state index contributed by atoms with van der Waals surface area (Å²) in [6, 6.07) is 10.5. The largest absolute Gasteiger partial charge is 0.497 e. The molecule has 3 heterocycles. The predicted octanol–water partition coefficient (Wildman–Crippen LogP) is 7.72. The van der Waals surface area contributed by atoms with Crippen LogP contribution in [0.2, 0.25) is 16.6 Å². The number of hydrogen-bond acceptors (Lipinski definition) is 4. The number of aromatic nitrogens is 2. The van der Waals surface area contributed by atoms with Crippen LogP contribution in [0.5, 0.6) is 5.75 Å². The third-order valence-electron chi connectivity index (χ3n) is 9.29. The van der Waals surface area contributed by atoms with Crippen LogP contribution in [-0.2, 0) is 6.54 Å². The zero-order valence-electron chi connectivity index (χ0n) is 24.9. The number of hydrogen-bond donors (Lipinski definition) is 0. The van der Waals surface area contributed by atoms with Gasteiger partial charge in [-0.1, -0.05) is 60.6 Å². The summed E-state index contributed by atoms with van der Waals surface area (Å²) in [5, 5.41) is 1.04. The van der Waals surface area contributed by atoms with Gasteiger partial charge in [-0.05, 0) is 78.0 Å². The number of Topliss-reactive ketones (excluding diaryl/α,β-unsaturated/α-hetero) is 1. The molecule has 0 saturated carbocycles. The maximum Gasteiger partial charge on any atom is 0.171 e. The maximum absolute atomic E-state index is 14.3. The van der Waals surface area contributed by atoms with Crippen LogP contribution >= 0.6 is 0 Å². The molecule has 4 rings (SSSR count). The topological polar surface area (TPSA) is 47.4 Å². The SMILES string of the molecule is COc1ccc(CN2CC[C@H](C)[C@H](C(=O)c3c(C)cnc4c3ccn4[Si](C(C)C)(C(C)C)C(C)C)C2)cc1. The van der Waals surface area contributed by atoms with Crippen molar-refractivity contribution in [1.82, 2.24) is 14.1 Å². The lowest BCUT2D eigenvalue weighted by molar-refractivity contribution is 0.0706. The zero-order valence-corrected chi connectivity index (χ0v) is 25.9. The third-order valence-corrected chi connectivity index (χ3v) is 16.0. The number of fused-ring (bicyclic) bond motifs is 1. The Labute approximate surface area is 230 Å². The van der Waals surface area contributed by atoms with Crippen LogP contribution in [0.15, 0.2) is 42.7 Å². The highest BCUT2D eigenvalue weighted by molar-refractivity contribution is 6.82. The molecule has 206 valence electrons. The number of carbonyl (C=O) groups is 1. The smallest absolute Gasteiger partial charge is 0.171 e. The number of rotatable bonds is 9. The van der Waals surface area contributed by atoms with Gasteiger partial charge in [0, 0.05) is 36.2 Å². The van der Waals surface area contributed by atoms with Crippen LogP contribution in [0.1, 0.15) is 76.4 Å². The van der Waals surface area contributed by atoms with Crippen LogP contribution in [0.4, 0.5) is 0 Å². The number of benzene rings is 1. The molecule has 5 nitrogen and oxygen atoms in total. The van der Waals surface area contributed by atoms with E-state index < -0.39 is 8.24 Å². The minimum atomic E-state index is -1.98. The second kappa shape index (κ2) is 11.3. The van der Waals surface area contributed by atoms with Crippen molar-refractivity contribution >= 4 is 25.1 Å². The van der Waals surface area contributed by atoms with E-state index >= 15 is 0 Å². The third kappa shape index (κ3) is 4.97. The van der Waals surface area contributed by atoms with Gasteiger partial charge in [0.05, 0.1) is 7.11 Å². The number of nitrogens with zero attached hydrogens (tertiary/aromatic N) is 3. The lowest BCUT2D eigenvalue weighted by Crippen LogP contribution is -2.51. The summed E-state index contributed by atoms with van der Waals surface area (Å²) in [6.07, 6.45) is 5.22. The summed E-state index contributed by atoms with van der Waals surface area (Å²) in [5.41, 5.74) is 5.81. The molecule has 0 spiro atoms. The van der Waals surface area contributed by atoms with Crippen LogP contribution in [0, 0.1) is 18.8 Å². The quantitative estimate of drug-likeness (QED) is 0.209. The Morgan fingerprint density at radius 3 is 2.26 bits per heavy atom. The molecular weight excluding hydrogens is 486 g/mol. The van der Waals surface area contributed by atoms with E-state index in [0.29, 0.717) is 22.5 Å². The number of ketones is 1. The average molecular weight is 534 g/mol. The van der Waals surface area contributed by atoms with E-state index in [9.17, 15) is 4.79 Å². The summed E-state index contributed by atoms with van der Waals surface area (Å²) < 4.78 is 7.84. The molecular formula is C32H47N3O2Si. The van der Waals surface area contributed by atoms with Crippen molar-refractivity contribution in [1.29, 1.82) is 0 Å². The molecule has 0 N–H and O–H groups in total. The second-order valence-corrected chi connectivity index (χ2v) is 18.1. The van der Waals surface area contributed by atoms with Crippen LogP contribution < -0.4 is 4.74 Å². The van der Waals surface area contributed by atoms with Crippen molar-refractivity contribution in [3.8, 4) is 5.75 Å². The highest BCUT2D eigenvalue weighted by Crippen LogP contribution is 2.44. The maximum atomic E-state index is 14.3. The van der Waals surface area contributed by atoms with Crippen LogP contribution in [0.3, 0.4) is 0 Å². The van der Waals surface area contributed by atoms with E-state index in [1.54, 1.807) is 7.11 Å². The number of methoxy groups -OCH3 is 1.